The van der Waals surface area contributed by atoms with Crippen LogP contribution in [0.15, 0.2) is 334 Å². The second-order valence-electron chi connectivity index (χ2n) is 27.7. The molecule has 0 radical (unpaired) electrons. The SMILES string of the molecule is CCc1ccccc1NC(=O)C1=C(O)C(N=Nc2ccc(N(c3ccc(N=NC4C(O)=C(C(=O)Nc5ccccc5CC)C=c5ccc6c(c54)N=c4ccccc4=6)cc3)c3ccc(N=NC4C(O)=C(C(=O)Nc5ccccc5CC)C=c5ccc6c(c54)N=c4ccccc4=6)cc3)cc2)c2c3c(ccc2=C1)=c1ccccc1=N3. The molecule has 0 spiro atoms. The summed E-state index contributed by atoms with van der Waals surface area (Å²) in [5, 5.41) is 85.1. The largest absolute Gasteiger partial charge is 0.509 e. The molecule has 3 aliphatic heterocycles. The van der Waals surface area contributed by atoms with Gasteiger partial charge in [0.1, 0.15) is 17.3 Å². The van der Waals surface area contributed by atoms with Gasteiger partial charge >= 0.3 is 0 Å². The molecule has 0 saturated carbocycles. The molecule has 3 atom stereocenters. The molecule has 19 heteroatoms. The second kappa shape index (κ2) is 28.8. The lowest BCUT2D eigenvalue weighted by atomic mass is 9.91. The van der Waals surface area contributed by atoms with E-state index in [4.69, 9.17) is 45.7 Å². The zero-order valence-electron chi connectivity index (χ0n) is 60.9. The highest BCUT2D eigenvalue weighted by molar-refractivity contribution is 6.12. The molecule has 542 valence electrons. The van der Waals surface area contributed by atoms with E-state index in [2.05, 4.69) is 16.0 Å². The molecule has 6 N–H and O–H groups in total. The zero-order valence-corrected chi connectivity index (χ0v) is 60.9. The summed E-state index contributed by atoms with van der Waals surface area (Å²) in [6.07, 6.45) is 7.09. The maximum absolute atomic E-state index is 14.3. The highest BCUT2D eigenvalue weighted by atomic mass is 16.3. The van der Waals surface area contributed by atoms with Gasteiger partial charge in [0, 0.05) is 82.1 Å². The van der Waals surface area contributed by atoms with Crippen LogP contribution in [0.5, 0.6) is 0 Å². The fourth-order valence-electron chi connectivity index (χ4n) is 15.6. The molecule has 0 bridgehead atoms. The van der Waals surface area contributed by atoms with Gasteiger partial charge in [-0.2, -0.15) is 30.7 Å². The van der Waals surface area contributed by atoms with Crippen LogP contribution in [0.3, 0.4) is 0 Å². The van der Waals surface area contributed by atoms with Crippen molar-refractivity contribution in [2.24, 2.45) is 45.7 Å². The Morgan fingerprint density at radius 3 is 0.884 bits per heavy atom. The van der Waals surface area contributed by atoms with E-state index in [0.717, 1.165) is 64.1 Å². The molecular formula is C93H69N13O6. The van der Waals surface area contributed by atoms with Crippen molar-refractivity contribution >= 4 is 104 Å². The highest BCUT2D eigenvalue weighted by Crippen LogP contribution is 2.44. The number of anilines is 6. The van der Waals surface area contributed by atoms with Gasteiger partial charge in [0.15, 0.2) is 18.1 Å². The van der Waals surface area contributed by atoms with Crippen molar-refractivity contribution in [2.45, 2.75) is 58.2 Å². The molecule has 3 aliphatic carbocycles. The summed E-state index contributed by atoms with van der Waals surface area (Å²) in [6.45, 7) is 6.05. The molecular weight excluding hydrogens is 1400 g/mol. The van der Waals surface area contributed by atoms with Crippen molar-refractivity contribution in [3.8, 4) is 0 Å². The van der Waals surface area contributed by atoms with Crippen LogP contribution in [0.25, 0.3) is 18.2 Å². The number of benzene rings is 12. The molecule has 12 aromatic rings. The molecule has 6 aliphatic rings. The molecule has 3 amide bonds. The van der Waals surface area contributed by atoms with Crippen molar-refractivity contribution in [1.29, 1.82) is 0 Å². The first kappa shape index (κ1) is 69.0. The van der Waals surface area contributed by atoms with E-state index in [1.807, 2.05) is 280 Å². The summed E-state index contributed by atoms with van der Waals surface area (Å²) < 4.78 is 0. The Hall–Kier alpha value is -14.7. The number of carbonyl (C=O) groups is 3. The molecule has 3 heterocycles. The predicted molar refractivity (Wildman–Crippen MR) is 432 cm³/mol. The quantitative estimate of drug-likeness (QED) is 0.0452. The summed E-state index contributed by atoms with van der Waals surface area (Å²) in [6, 6.07) is 76.8. The van der Waals surface area contributed by atoms with Gasteiger partial charge in [-0.15, -0.1) is 0 Å². The molecule has 112 heavy (non-hydrogen) atoms. The Bertz CT molecular complexity index is 6340. The van der Waals surface area contributed by atoms with Gasteiger partial charge in [-0.1, -0.05) is 166 Å². The van der Waals surface area contributed by atoms with Crippen molar-refractivity contribution in [1.82, 2.24) is 0 Å². The Morgan fingerprint density at radius 2 is 0.598 bits per heavy atom. The van der Waals surface area contributed by atoms with Crippen LogP contribution >= 0.6 is 0 Å². The maximum atomic E-state index is 14.3. The monoisotopic (exact) mass is 1460 g/mol. The molecule has 3 unspecified atom stereocenters. The predicted octanol–water partition coefficient (Wildman–Crippen LogP) is 17.7. The Labute approximate surface area is 640 Å². The number of aliphatic hydroxyl groups excluding tert-OH is 3. The Kier molecular flexibility index (Phi) is 17.7. The Balaban J connectivity index is 0.710. The summed E-state index contributed by atoms with van der Waals surface area (Å²) >= 11 is 0. The number of azo groups is 3. The van der Waals surface area contributed by atoms with Gasteiger partial charge in [-0.05, 0) is 179 Å². The van der Waals surface area contributed by atoms with Crippen LogP contribution in [0.1, 0.15) is 72.3 Å². The number of nitrogens with zero attached hydrogens (tertiary/aromatic N) is 10. The number of rotatable bonds is 18. The second-order valence-corrected chi connectivity index (χ2v) is 27.7. The van der Waals surface area contributed by atoms with Gasteiger partial charge in [0.05, 0.1) is 66.9 Å². The lowest BCUT2D eigenvalue weighted by molar-refractivity contribution is -0.113. The van der Waals surface area contributed by atoms with E-state index < -0.39 is 35.8 Å². The van der Waals surface area contributed by atoms with Crippen LogP contribution in [0, 0.1) is 31.3 Å². The van der Waals surface area contributed by atoms with Gasteiger partial charge in [-0.25, -0.2) is 15.0 Å². The van der Waals surface area contributed by atoms with Gasteiger partial charge in [0.25, 0.3) is 17.7 Å². The van der Waals surface area contributed by atoms with Crippen LogP contribution in [-0.2, 0) is 33.6 Å². The first-order valence-electron chi connectivity index (χ1n) is 37.1. The smallest absolute Gasteiger partial charge is 0.259 e. The van der Waals surface area contributed by atoms with E-state index in [1.54, 1.807) is 18.2 Å². The minimum Gasteiger partial charge on any atom is -0.509 e. The van der Waals surface area contributed by atoms with Crippen LogP contribution < -0.4 is 52.6 Å². The number of carbonyl (C=O) groups excluding carboxylic acids is 3. The average Bonchev–Trinajstić information content (AvgIpc) is 1.55. The number of amides is 3. The van der Waals surface area contributed by atoms with Crippen molar-refractivity contribution in [2.75, 3.05) is 20.9 Å². The third-order valence-electron chi connectivity index (χ3n) is 21.2. The highest BCUT2D eigenvalue weighted by Gasteiger charge is 2.35. The first-order valence-corrected chi connectivity index (χ1v) is 37.1. The molecule has 0 saturated heterocycles. The Morgan fingerprint density at radius 1 is 0.330 bits per heavy atom. The minimum absolute atomic E-state index is 0.0480. The first-order chi connectivity index (χ1) is 54.9. The zero-order chi connectivity index (χ0) is 76.3. The normalized spacial score (nSPS) is 15.7. The summed E-state index contributed by atoms with van der Waals surface area (Å²) in [4.78, 5) is 60.2. The lowest BCUT2D eigenvalue weighted by Crippen LogP contribution is -2.25. The van der Waals surface area contributed by atoms with E-state index >= 15 is 0 Å². The fraction of sp³-hybridized carbons (Fsp3) is 0.0968. The van der Waals surface area contributed by atoms with E-state index in [0.29, 0.717) is 120 Å². The van der Waals surface area contributed by atoms with Crippen molar-refractivity contribution < 1.29 is 29.7 Å². The molecule has 12 aromatic carbocycles. The van der Waals surface area contributed by atoms with E-state index in [-0.39, 0.29) is 34.0 Å². The number of para-hydroxylation sites is 6. The molecule has 18 rings (SSSR count). The average molecular weight is 1460 g/mol. The number of aryl methyl sites for hydroxylation is 3. The number of nitrogens with one attached hydrogen (secondary N) is 3. The van der Waals surface area contributed by atoms with E-state index in [9.17, 15) is 29.7 Å². The van der Waals surface area contributed by atoms with Crippen LogP contribution in [0.4, 0.5) is 68.2 Å². The third kappa shape index (κ3) is 12.4. The maximum Gasteiger partial charge on any atom is 0.259 e. The van der Waals surface area contributed by atoms with Gasteiger partial charge in [-0.3, -0.25) is 14.4 Å². The van der Waals surface area contributed by atoms with Gasteiger partial charge in [0.2, 0.25) is 0 Å². The van der Waals surface area contributed by atoms with Crippen molar-refractivity contribution in [3.63, 3.8) is 0 Å². The standard InChI is InChI=1S/C93H69N13O6/c1-4-52-19-7-13-25-73(52)97-91(110)70-49-55-31-46-67-64-22-10-16-28-76(64)94-82(67)79(55)85(88(70)107)103-100-58-34-40-61(41-35-58)106(62-42-36-59(37-43-62)101-104-86-80-56(32-47-68-65-23-11-17-29-77(65)95-83(68)80)50-71(89(86)108)92(111)98-74-26-14-8-20-53(74)5-2)63-44-38-60(39-45-63)102-105-87-81-57(33-48-69-66-24-12-18-30-78(66)96-84(69)81)51-72(90(87)109)93(112)99-75-27-15-9-21-54(75)6-3/h7-51,85-87,107-109H,4-6H2,1-3H3,(H,97,110)(H,98,111)(H,99,112). The van der Waals surface area contributed by atoms with Crippen molar-refractivity contribution in [3.05, 3.63) is 385 Å². The van der Waals surface area contributed by atoms with Gasteiger partial charge < -0.3 is 36.2 Å². The lowest BCUT2D eigenvalue weighted by Gasteiger charge is -2.25. The minimum atomic E-state index is -1.12. The third-order valence-corrected chi connectivity index (χ3v) is 21.2. The van der Waals surface area contributed by atoms with Crippen LogP contribution in [-0.4, -0.2) is 33.0 Å². The number of fused-ring (bicyclic) bond motifs is 12. The molecule has 0 aromatic heterocycles. The van der Waals surface area contributed by atoms with E-state index in [1.165, 1.54) is 0 Å². The number of hydrogen-bond donors (Lipinski definition) is 6. The summed E-state index contributed by atoms with van der Waals surface area (Å²) in [7, 11) is 0. The molecule has 19 nitrogen and oxygen atoms in total. The number of hydrogen-bond acceptors (Lipinski definition) is 16. The fourth-order valence-corrected chi connectivity index (χ4v) is 15.6. The summed E-state index contributed by atoms with van der Waals surface area (Å²) in [5.41, 5.74) is 12.0. The number of aliphatic hydroxyl groups is 3. The molecule has 0 fully saturated rings. The topological polar surface area (TPSA) is 262 Å². The summed E-state index contributed by atoms with van der Waals surface area (Å²) in [5.74, 6) is -2.33. The van der Waals surface area contributed by atoms with Crippen LogP contribution in [0.2, 0.25) is 0 Å².